The number of nitro groups is 1. The van der Waals surface area contributed by atoms with Crippen molar-refractivity contribution in [3.63, 3.8) is 0 Å². The van der Waals surface area contributed by atoms with Gasteiger partial charge in [-0.15, -0.1) is 0 Å². The molecule has 1 saturated carbocycles. The maximum Gasteiger partial charge on any atom is 0.271 e. The van der Waals surface area contributed by atoms with Crippen molar-refractivity contribution >= 4 is 23.2 Å². The molecule has 2 aliphatic carbocycles. The molecule has 1 heterocycles. The van der Waals surface area contributed by atoms with Crippen LogP contribution >= 0.6 is 0 Å². The zero-order chi connectivity index (χ0) is 18.7. The number of amides is 2. The minimum atomic E-state index is -0.554. The third-order valence-corrected chi connectivity index (χ3v) is 5.61. The van der Waals surface area contributed by atoms with E-state index in [0.29, 0.717) is 0 Å². The lowest BCUT2D eigenvalue weighted by Crippen LogP contribution is -2.33. The Labute approximate surface area is 150 Å². The van der Waals surface area contributed by atoms with Gasteiger partial charge < -0.3 is 4.74 Å². The third kappa shape index (κ3) is 2.00. The van der Waals surface area contributed by atoms with Gasteiger partial charge in [0.1, 0.15) is 11.4 Å². The molecule has 0 unspecified atom stereocenters. The van der Waals surface area contributed by atoms with Gasteiger partial charge >= 0.3 is 0 Å². The number of carbonyl (C=O) groups excluding carboxylic acids is 2. The Morgan fingerprint density at radius 3 is 2.15 bits per heavy atom. The number of benzene rings is 1. The van der Waals surface area contributed by atoms with Crippen LogP contribution in [0.4, 0.5) is 11.4 Å². The number of anilines is 1. The highest BCUT2D eigenvalue weighted by molar-refractivity contribution is 6.24. The molecule has 0 N–H and O–H groups in total. The molecule has 1 aromatic carbocycles. The highest BCUT2D eigenvalue weighted by atomic mass is 16.6. The molecule has 7 nitrogen and oxygen atoms in total. The predicted molar refractivity (Wildman–Crippen MR) is 93.6 cm³/mol. The topological polar surface area (TPSA) is 89.8 Å². The molecule has 2 fully saturated rings. The Bertz CT molecular complexity index is 879. The van der Waals surface area contributed by atoms with E-state index in [9.17, 15) is 19.7 Å². The fourth-order valence-corrected chi connectivity index (χ4v) is 4.63. The van der Waals surface area contributed by atoms with Crippen molar-refractivity contribution < 1.29 is 19.2 Å². The number of methoxy groups -OCH3 is 1. The highest BCUT2D eigenvalue weighted by Crippen LogP contribution is 2.57. The van der Waals surface area contributed by atoms with Crippen molar-refractivity contribution in [2.75, 3.05) is 12.0 Å². The minimum Gasteiger partial charge on any atom is -0.495 e. The second kappa shape index (κ2) is 5.52. The normalized spacial score (nSPS) is 28.7. The summed E-state index contributed by atoms with van der Waals surface area (Å²) in [5.74, 6) is -1.37. The largest absolute Gasteiger partial charge is 0.495 e. The van der Waals surface area contributed by atoms with Crippen LogP contribution in [0.3, 0.4) is 0 Å². The quantitative estimate of drug-likeness (QED) is 0.360. The van der Waals surface area contributed by atoms with E-state index in [1.165, 1.54) is 25.3 Å². The van der Waals surface area contributed by atoms with Gasteiger partial charge in [-0.3, -0.25) is 19.7 Å². The molecule has 7 heteroatoms. The first-order valence-electron chi connectivity index (χ1n) is 8.42. The van der Waals surface area contributed by atoms with Crippen molar-refractivity contribution in [3.05, 3.63) is 51.6 Å². The van der Waals surface area contributed by atoms with E-state index < -0.39 is 16.8 Å². The number of rotatable bonds is 3. The number of hydrogen-bond acceptors (Lipinski definition) is 5. The van der Waals surface area contributed by atoms with Crippen molar-refractivity contribution in [1.82, 2.24) is 0 Å². The summed E-state index contributed by atoms with van der Waals surface area (Å²) in [7, 11) is 1.41. The van der Waals surface area contributed by atoms with Gasteiger partial charge in [0.25, 0.3) is 5.69 Å². The van der Waals surface area contributed by atoms with Gasteiger partial charge in [-0.2, -0.15) is 0 Å². The second-order valence-electron chi connectivity index (χ2n) is 7.07. The number of carbonyl (C=O) groups is 2. The van der Waals surface area contributed by atoms with E-state index in [-0.39, 0.29) is 40.8 Å². The summed E-state index contributed by atoms with van der Waals surface area (Å²) in [6.07, 6.45) is 4.01. The zero-order valence-electron chi connectivity index (χ0n) is 14.6. The predicted octanol–water partition coefficient (Wildman–Crippen LogP) is 2.86. The van der Waals surface area contributed by atoms with Crippen LogP contribution in [0.1, 0.15) is 13.8 Å². The first kappa shape index (κ1) is 16.5. The molecule has 1 saturated heterocycles. The van der Waals surface area contributed by atoms with Crippen LogP contribution in [0.2, 0.25) is 0 Å². The van der Waals surface area contributed by atoms with Crippen molar-refractivity contribution in [2.45, 2.75) is 13.8 Å². The minimum absolute atomic E-state index is 0.0684. The molecule has 134 valence electrons. The van der Waals surface area contributed by atoms with E-state index in [2.05, 4.69) is 0 Å². The number of ether oxygens (including phenoxy) is 1. The van der Waals surface area contributed by atoms with E-state index in [1.54, 1.807) is 0 Å². The number of non-ortho nitro benzene ring substituents is 1. The smallest absolute Gasteiger partial charge is 0.271 e. The third-order valence-electron chi connectivity index (χ3n) is 5.61. The van der Waals surface area contributed by atoms with Crippen LogP contribution in [0, 0.1) is 33.8 Å². The maximum atomic E-state index is 13.1. The maximum absolute atomic E-state index is 13.1. The summed E-state index contributed by atoms with van der Waals surface area (Å²) < 4.78 is 5.25. The average Bonchev–Trinajstić information content (AvgIpc) is 3.24. The van der Waals surface area contributed by atoms with Gasteiger partial charge in [-0.25, -0.2) is 4.90 Å². The summed E-state index contributed by atoms with van der Waals surface area (Å²) in [6.45, 7) is 4.00. The lowest BCUT2D eigenvalue weighted by Gasteiger charge is -2.21. The number of hydrogen-bond donors (Lipinski definition) is 0. The molecule has 4 atom stereocenters. The molecule has 2 bridgehead atoms. The molecule has 26 heavy (non-hydrogen) atoms. The monoisotopic (exact) mass is 354 g/mol. The molecule has 0 aromatic heterocycles. The summed E-state index contributed by atoms with van der Waals surface area (Å²) >= 11 is 0. The first-order valence-corrected chi connectivity index (χ1v) is 8.42. The first-order chi connectivity index (χ1) is 12.4. The Morgan fingerprint density at radius 1 is 1.12 bits per heavy atom. The summed E-state index contributed by atoms with van der Waals surface area (Å²) in [6, 6.07) is 3.93. The molecular weight excluding hydrogens is 336 g/mol. The van der Waals surface area contributed by atoms with Crippen LogP contribution < -0.4 is 9.64 Å². The summed E-state index contributed by atoms with van der Waals surface area (Å²) in [5.41, 5.74) is 2.25. The molecule has 0 radical (unpaired) electrons. The van der Waals surface area contributed by atoms with Crippen LogP contribution in [0.5, 0.6) is 5.75 Å². The standard InChI is InChI=1S/C19H18N2O5/c1-9(2)15-11-5-6-12(15)17-16(11)18(22)20(19(17)23)13-8-10(21(24)25)4-7-14(13)26-3/h4-8,11-12,16-17H,1-3H3/t11-,12+,16-,17-/m1/s1. The van der Waals surface area contributed by atoms with Crippen LogP contribution in [0.25, 0.3) is 0 Å². The molecule has 2 amide bonds. The van der Waals surface area contributed by atoms with E-state index in [0.717, 1.165) is 16.0 Å². The number of nitrogens with zero attached hydrogens (tertiary/aromatic N) is 2. The fourth-order valence-electron chi connectivity index (χ4n) is 4.63. The lowest BCUT2D eigenvalue weighted by molar-refractivity contribution is -0.384. The van der Waals surface area contributed by atoms with Crippen molar-refractivity contribution in [1.29, 1.82) is 0 Å². The lowest BCUT2D eigenvalue weighted by atomic mass is 9.85. The van der Waals surface area contributed by atoms with Gasteiger partial charge in [0.05, 0.1) is 23.9 Å². The molecule has 4 rings (SSSR count). The number of nitro benzene ring substituents is 1. The van der Waals surface area contributed by atoms with Gasteiger partial charge in [-0.1, -0.05) is 23.3 Å². The zero-order valence-corrected chi connectivity index (χ0v) is 14.6. The Kier molecular flexibility index (Phi) is 3.50. The fraction of sp³-hybridized carbons (Fsp3) is 0.368. The average molecular weight is 354 g/mol. The van der Waals surface area contributed by atoms with E-state index in [1.807, 2.05) is 26.0 Å². The molecule has 1 aromatic rings. The van der Waals surface area contributed by atoms with Crippen molar-refractivity contribution in [3.8, 4) is 5.75 Å². The Balaban J connectivity index is 1.80. The highest BCUT2D eigenvalue weighted by Gasteiger charge is 2.62. The molecule has 1 aliphatic heterocycles. The van der Waals surface area contributed by atoms with Gasteiger partial charge in [0, 0.05) is 24.0 Å². The van der Waals surface area contributed by atoms with Gasteiger partial charge in [0.15, 0.2) is 0 Å². The molecule has 3 aliphatic rings. The number of imide groups is 1. The SMILES string of the molecule is COc1ccc([N+](=O)[O-])cc1N1C(=O)[C@H]2[C@H](C1=O)[C@H]1C=C[C@@H]2C1=C(C)C. The summed E-state index contributed by atoms with van der Waals surface area (Å²) in [5, 5.41) is 11.1. The van der Waals surface area contributed by atoms with Gasteiger partial charge in [0.2, 0.25) is 11.8 Å². The summed E-state index contributed by atoms with van der Waals surface area (Å²) in [4.78, 5) is 37.9. The van der Waals surface area contributed by atoms with E-state index in [4.69, 9.17) is 4.74 Å². The van der Waals surface area contributed by atoms with Gasteiger partial charge in [-0.05, 0) is 19.9 Å². The number of allylic oxidation sites excluding steroid dienone is 4. The van der Waals surface area contributed by atoms with Crippen LogP contribution in [0.15, 0.2) is 41.5 Å². The number of fused-ring (bicyclic) bond motifs is 5. The van der Waals surface area contributed by atoms with Crippen LogP contribution in [-0.4, -0.2) is 23.8 Å². The molecular formula is C19H18N2O5. The molecule has 0 spiro atoms. The Hall–Kier alpha value is -2.96. The second-order valence-corrected chi connectivity index (χ2v) is 7.07. The van der Waals surface area contributed by atoms with Crippen LogP contribution in [-0.2, 0) is 9.59 Å². The van der Waals surface area contributed by atoms with E-state index >= 15 is 0 Å². The Morgan fingerprint density at radius 2 is 1.69 bits per heavy atom. The van der Waals surface area contributed by atoms with Crippen molar-refractivity contribution in [2.24, 2.45) is 23.7 Å².